The van der Waals surface area contributed by atoms with Gasteiger partial charge in [-0.2, -0.15) is 0 Å². The van der Waals surface area contributed by atoms with Crippen LogP contribution in [0.5, 0.6) is 11.5 Å². The molecule has 5 rings (SSSR count). The maximum Gasteiger partial charge on any atom is 0.254 e. The molecule has 8 heteroatoms. The molecular weight excluding hydrogens is 578 g/mol. The average molecular weight is 620 g/mol. The first-order valence-electron chi connectivity index (χ1n) is 15.5. The van der Waals surface area contributed by atoms with E-state index in [1.54, 1.807) is 26.2 Å². The molecule has 1 N–H and O–H groups in total. The maximum absolute atomic E-state index is 14.1. The smallest absolute Gasteiger partial charge is 0.254 e. The lowest BCUT2D eigenvalue weighted by atomic mass is 10.0. The summed E-state index contributed by atoms with van der Waals surface area (Å²) in [5.74, 6) is 0.892. The number of nitrogens with one attached hydrogen (secondary N) is 1. The van der Waals surface area contributed by atoms with Crippen molar-refractivity contribution in [1.82, 2.24) is 14.8 Å². The van der Waals surface area contributed by atoms with Gasteiger partial charge in [0.25, 0.3) is 5.91 Å². The highest BCUT2D eigenvalue weighted by atomic mass is 16.5. The Hall–Kier alpha value is -5.08. The van der Waals surface area contributed by atoms with Crippen LogP contribution in [-0.2, 0) is 22.5 Å². The number of benzene rings is 4. The Labute approximate surface area is 270 Å². The van der Waals surface area contributed by atoms with Gasteiger partial charge in [0.1, 0.15) is 6.54 Å². The summed E-state index contributed by atoms with van der Waals surface area (Å²) in [5, 5.41) is 1.14. The van der Waals surface area contributed by atoms with Crippen molar-refractivity contribution in [3.8, 4) is 22.6 Å². The second kappa shape index (κ2) is 15.8. The molecule has 0 aliphatic heterocycles. The lowest BCUT2D eigenvalue weighted by molar-refractivity contribution is -0.132. The van der Waals surface area contributed by atoms with E-state index in [4.69, 9.17) is 14.2 Å². The fraction of sp³-hybridized carbons (Fsp3) is 0.263. The number of H-pyrrole nitrogens is 1. The molecule has 2 amide bonds. The number of carbonyl (C=O) groups excluding carboxylic acids is 2. The quantitative estimate of drug-likeness (QED) is 0.134. The molecule has 0 saturated heterocycles. The van der Waals surface area contributed by atoms with Crippen molar-refractivity contribution in [2.45, 2.75) is 19.4 Å². The zero-order valence-corrected chi connectivity index (χ0v) is 26.7. The largest absolute Gasteiger partial charge is 0.493 e. The zero-order chi connectivity index (χ0) is 32.3. The highest BCUT2D eigenvalue weighted by Crippen LogP contribution is 2.28. The van der Waals surface area contributed by atoms with Gasteiger partial charge in [-0.3, -0.25) is 9.59 Å². The summed E-state index contributed by atoms with van der Waals surface area (Å²) in [7, 11) is 4.83. The Morgan fingerprint density at radius 3 is 2.20 bits per heavy atom. The summed E-state index contributed by atoms with van der Waals surface area (Å²) in [6.07, 6.45) is 3.27. The van der Waals surface area contributed by atoms with Crippen molar-refractivity contribution in [2.24, 2.45) is 0 Å². The Bertz CT molecular complexity index is 1730. The van der Waals surface area contributed by atoms with Gasteiger partial charge in [0, 0.05) is 56.0 Å². The van der Waals surface area contributed by atoms with E-state index in [0.29, 0.717) is 56.1 Å². The standard InChI is InChI=1S/C38H41N3O5/c1-44-23-9-21-41(38(43)31-17-15-30(16-18-31)29-10-5-4-6-11-29)27-37(42)40(26-28-14-19-35(45-2)36(24-28)46-3)22-20-32-25-39-34-13-8-7-12-33(32)34/h4-8,10-19,24-25,39H,9,20-23,26-27H2,1-3H3. The van der Waals surface area contributed by atoms with E-state index in [2.05, 4.69) is 11.1 Å². The number of amides is 2. The van der Waals surface area contributed by atoms with E-state index in [1.807, 2.05) is 102 Å². The zero-order valence-electron chi connectivity index (χ0n) is 26.7. The first-order chi connectivity index (χ1) is 22.5. The molecule has 4 aromatic carbocycles. The number of methoxy groups -OCH3 is 3. The number of hydrogen-bond acceptors (Lipinski definition) is 5. The normalized spacial score (nSPS) is 10.9. The molecule has 0 radical (unpaired) electrons. The Morgan fingerprint density at radius 2 is 1.46 bits per heavy atom. The van der Waals surface area contributed by atoms with Crippen LogP contribution in [0, 0.1) is 0 Å². The van der Waals surface area contributed by atoms with E-state index in [0.717, 1.165) is 33.2 Å². The van der Waals surface area contributed by atoms with E-state index >= 15 is 0 Å². The van der Waals surface area contributed by atoms with Crippen LogP contribution in [0.15, 0.2) is 103 Å². The number of fused-ring (bicyclic) bond motifs is 1. The second-order valence-corrected chi connectivity index (χ2v) is 11.1. The fourth-order valence-electron chi connectivity index (χ4n) is 5.62. The van der Waals surface area contributed by atoms with Gasteiger partial charge in [-0.05, 0) is 65.4 Å². The molecule has 0 aliphatic rings. The number of hydrogen-bond donors (Lipinski definition) is 1. The third-order valence-corrected chi connectivity index (χ3v) is 8.13. The van der Waals surface area contributed by atoms with Crippen molar-refractivity contribution >= 4 is 22.7 Å². The average Bonchev–Trinajstić information content (AvgIpc) is 3.52. The molecule has 238 valence electrons. The van der Waals surface area contributed by atoms with Gasteiger partial charge < -0.3 is 29.0 Å². The molecule has 0 saturated carbocycles. The third kappa shape index (κ3) is 7.95. The van der Waals surface area contributed by atoms with E-state index in [1.165, 1.54) is 0 Å². The number of rotatable bonds is 15. The topological polar surface area (TPSA) is 84.1 Å². The molecule has 1 heterocycles. The van der Waals surface area contributed by atoms with Crippen LogP contribution in [0.2, 0.25) is 0 Å². The van der Waals surface area contributed by atoms with Crippen LogP contribution in [0.1, 0.15) is 27.9 Å². The highest BCUT2D eigenvalue weighted by Gasteiger charge is 2.23. The van der Waals surface area contributed by atoms with Crippen LogP contribution in [0.4, 0.5) is 0 Å². The van der Waals surface area contributed by atoms with Gasteiger partial charge in [0.2, 0.25) is 5.91 Å². The van der Waals surface area contributed by atoms with Crippen LogP contribution in [-0.4, -0.2) is 74.2 Å². The number of carbonyl (C=O) groups is 2. The van der Waals surface area contributed by atoms with Gasteiger partial charge in [0.05, 0.1) is 14.2 Å². The Kier molecular flexibility index (Phi) is 11.1. The van der Waals surface area contributed by atoms with Gasteiger partial charge >= 0.3 is 0 Å². The van der Waals surface area contributed by atoms with E-state index in [9.17, 15) is 9.59 Å². The monoisotopic (exact) mass is 619 g/mol. The molecule has 46 heavy (non-hydrogen) atoms. The lowest BCUT2D eigenvalue weighted by Gasteiger charge is -2.28. The molecule has 0 fully saturated rings. The van der Waals surface area contributed by atoms with E-state index < -0.39 is 0 Å². The first kappa shape index (κ1) is 32.3. The number of para-hydroxylation sites is 1. The van der Waals surface area contributed by atoms with Crippen molar-refractivity contribution in [3.05, 3.63) is 120 Å². The molecule has 0 atom stereocenters. The molecule has 0 aliphatic carbocycles. The Balaban J connectivity index is 1.37. The molecule has 0 unspecified atom stereocenters. The van der Waals surface area contributed by atoms with Crippen LogP contribution >= 0.6 is 0 Å². The summed E-state index contributed by atoms with van der Waals surface area (Å²) in [4.78, 5) is 34.7. The molecule has 8 nitrogen and oxygen atoms in total. The van der Waals surface area contributed by atoms with Crippen molar-refractivity contribution < 1.29 is 23.8 Å². The van der Waals surface area contributed by atoms with Crippen molar-refractivity contribution in [1.29, 1.82) is 0 Å². The molecule has 5 aromatic rings. The molecule has 1 aromatic heterocycles. The summed E-state index contributed by atoms with van der Waals surface area (Å²) in [6.45, 7) is 1.66. The van der Waals surface area contributed by atoms with Crippen LogP contribution in [0.3, 0.4) is 0 Å². The summed E-state index contributed by atoms with van der Waals surface area (Å²) >= 11 is 0. The van der Waals surface area contributed by atoms with Crippen molar-refractivity contribution in [2.75, 3.05) is 47.6 Å². The van der Waals surface area contributed by atoms with Crippen LogP contribution < -0.4 is 9.47 Å². The second-order valence-electron chi connectivity index (χ2n) is 11.1. The SMILES string of the molecule is COCCCN(CC(=O)N(CCc1c[nH]c2ccccc12)Cc1ccc(OC)c(OC)c1)C(=O)c1ccc(-c2ccccc2)cc1. The minimum atomic E-state index is -0.188. The molecule has 0 bridgehead atoms. The van der Waals surface area contributed by atoms with Crippen molar-refractivity contribution in [3.63, 3.8) is 0 Å². The van der Waals surface area contributed by atoms with Gasteiger partial charge in [-0.1, -0.05) is 66.7 Å². The molecule has 0 spiro atoms. The van der Waals surface area contributed by atoms with Crippen LogP contribution in [0.25, 0.3) is 22.0 Å². The lowest BCUT2D eigenvalue weighted by Crippen LogP contribution is -2.44. The van der Waals surface area contributed by atoms with Gasteiger partial charge in [-0.25, -0.2) is 0 Å². The highest BCUT2D eigenvalue weighted by molar-refractivity contribution is 5.97. The van der Waals surface area contributed by atoms with Gasteiger partial charge in [-0.15, -0.1) is 0 Å². The number of ether oxygens (including phenoxy) is 3. The Morgan fingerprint density at radius 1 is 0.739 bits per heavy atom. The summed E-state index contributed by atoms with van der Waals surface area (Å²) in [5.41, 5.74) is 5.73. The first-order valence-corrected chi connectivity index (χ1v) is 15.5. The minimum Gasteiger partial charge on any atom is -0.493 e. The fourth-order valence-corrected chi connectivity index (χ4v) is 5.62. The number of nitrogens with zero attached hydrogens (tertiary/aromatic N) is 2. The predicted octanol–water partition coefficient (Wildman–Crippen LogP) is 6.60. The third-order valence-electron chi connectivity index (χ3n) is 8.13. The summed E-state index contributed by atoms with van der Waals surface area (Å²) < 4.78 is 16.2. The maximum atomic E-state index is 14.1. The van der Waals surface area contributed by atoms with E-state index in [-0.39, 0.29) is 18.4 Å². The number of aromatic amines is 1. The van der Waals surface area contributed by atoms with Gasteiger partial charge in [0.15, 0.2) is 11.5 Å². The predicted molar refractivity (Wildman–Crippen MR) is 181 cm³/mol. The molecular formula is C38H41N3O5. The number of aromatic nitrogens is 1. The minimum absolute atomic E-state index is 0.0514. The summed E-state index contributed by atoms with van der Waals surface area (Å²) in [6, 6.07) is 31.4.